The zero-order valence-corrected chi connectivity index (χ0v) is 10.8. The third-order valence-corrected chi connectivity index (χ3v) is 2.64. The molecule has 19 heavy (non-hydrogen) atoms. The minimum atomic E-state index is 0.188. The lowest BCUT2D eigenvalue weighted by Crippen LogP contribution is -2.02. The topological polar surface area (TPSA) is 70.8 Å². The van der Waals surface area contributed by atoms with Crippen molar-refractivity contribution < 1.29 is 4.74 Å². The Morgan fingerprint density at radius 1 is 1.32 bits per heavy atom. The highest BCUT2D eigenvalue weighted by atomic mass is 16.5. The molecular formula is C14H14N4O. The van der Waals surface area contributed by atoms with Crippen LogP contribution in [0.2, 0.25) is 0 Å². The Balaban J connectivity index is 2.32. The number of anilines is 1. The Bertz CT molecular complexity index is 602. The van der Waals surface area contributed by atoms with Crippen molar-refractivity contribution in [3.05, 3.63) is 36.2 Å². The maximum absolute atomic E-state index is 8.47. The van der Waals surface area contributed by atoms with Gasteiger partial charge in [-0.3, -0.25) is 0 Å². The van der Waals surface area contributed by atoms with E-state index in [2.05, 4.69) is 15.3 Å². The maximum Gasteiger partial charge on any atom is 0.223 e. The van der Waals surface area contributed by atoms with Crippen LogP contribution in [0.15, 0.2) is 30.6 Å². The Hall–Kier alpha value is -2.61. The van der Waals surface area contributed by atoms with Crippen LogP contribution in [0, 0.1) is 18.3 Å². The van der Waals surface area contributed by atoms with E-state index in [1.54, 1.807) is 19.5 Å². The predicted octanol–water partition coefficient (Wildman–Crippen LogP) is 2.40. The van der Waals surface area contributed by atoms with Gasteiger partial charge < -0.3 is 10.1 Å². The first kappa shape index (κ1) is 12.8. The minimum Gasteiger partial charge on any atom is -0.496 e. The van der Waals surface area contributed by atoms with Crippen molar-refractivity contribution in [3.63, 3.8) is 0 Å². The fourth-order valence-corrected chi connectivity index (χ4v) is 1.72. The van der Waals surface area contributed by atoms with E-state index in [0.29, 0.717) is 5.95 Å². The highest BCUT2D eigenvalue weighted by Gasteiger charge is 2.07. The van der Waals surface area contributed by atoms with Crippen LogP contribution in [-0.4, -0.2) is 23.6 Å². The van der Waals surface area contributed by atoms with Crippen LogP contribution in [0.25, 0.3) is 11.1 Å². The van der Waals surface area contributed by atoms with Crippen molar-refractivity contribution >= 4 is 5.95 Å². The number of ether oxygens (including phenoxy) is 1. The molecule has 0 amide bonds. The number of hydrogen-bond acceptors (Lipinski definition) is 5. The summed E-state index contributed by atoms with van der Waals surface area (Å²) in [5, 5.41) is 11.3. The number of nitrogens with one attached hydrogen (secondary N) is 1. The molecule has 0 aliphatic heterocycles. The largest absolute Gasteiger partial charge is 0.496 e. The quantitative estimate of drug-likeness (QED) is 0.848. The van der Waals surface area contributed by atoms with E-state index in [9.17, 15) is 0 Å². The first-order valence-electron chi connectivity index (χ1n) is 5.82. The summed E-state index contributed by atoms with van der Waals surface area (Å²) in [4.78, 5) is 8.34. The molecule has 0 fully saturated rings. The summed E-state index contributed by atoms with van der Waals surface area (Å²) in [7, 11) is 1.64. The summed E-state index contributed by atoms with van der Waals surface area (Å²) in [6.07, 6.45) is 3.42. The van der Waals surface area contributed by atoms with Crippen LogP contribution in [0.3, 0.4) is 0 Å². The van der Waals surface area contributed by atoms with E-state index in [4.69, 9.17) is 10.00 Å². The highest BCUT2D eigenvalue weighted by molar-refractivity contribution is 5.70. The Morgan fingerprint density at radius 3 is 2.68 bits per heavy atom. The number of aromatic nitrogens is 2. The third-order valence-electron chi connectivity index (χ3n) is 2.64. The second-order valence-electron chi connectivity index (χ2n) is 4.01. The first-order chi connectivity index (χ1) is 9.24. The van der Waals surface area contributed by atoms with E-state index < -0.39 is 0 Å². The van der Waals surface area contributed by atoms with Gasteiger partial charge in [-0.25, -0.2) is 9.97 Å². The molecule has 0 atom stereocenters. The third kappa shape index (κ3) is 2.99. The lowest BCUT2D eigenvalue weighted by atomic mass is 10.1. The summed E-state index contributed by atoms with van der Waals surface area (Å²) in [5.41, 5.74) is 2.97. The van der Waals surface area contributed by atoms with Crippen molar-refractivity contribution in [3.8, 4) is 22.9 Å². The summed E-state index contributed by atoms with van der Waals surface area (Å²) in [5.74, 6) is 1.23. The second-order valence-corrected chi connectivity index (χ2v) is 4.01. The zero-order chi connectivity index (χ0) is 13.7. The van der Waals surface area contributed by atoms with E-state index in [0.717, 1.165) is 22.4 Å². The molecule has 0 unspecified atom stereocenters. The molecule has 0 bridgehead atoms. The lowest BCUT2D eigenvalue weighted by Gasteiger charge is -2.09. The van der Waals surface area contributed by atoms with Gasteiger partial charge in [0, 0.05) is 23.5 Å². The number of benzene rings is 1. The summed E-state index contributed by atoms with van der Waals surface area (Å²) in [6, 6.07) is 7.92. The molecule has 0 saturated carbocycles. The molecule has 0 aliphatic carbocycles. The fraction of sp³-hybridized carbons (Fsp3) is 0.214. The van der Waals surface area contributed by atoms with Crippen LogP contribution in [0.1, 0.15) is 5.56 Å². The number of nitrogens with zero attached hydrogens (tertiary/aromatic N) is 3. The SMILES string of the molecule is COc1ccc(C)cc1-c1cnc(NCC#N)nc1. The van der Waals surface area contributed by atoms with Crippen molar-refractivity contribution in [2.75, 3.05) is 19.0 Å². The molecule has 0 spiro atoms. The predicted molar refractivity (Wildman–Crippen MR) is 72.9 cm³/mol. The molecular weight excluding hydrogens is 240 g/mol. The van der Waals surface area contributed by atoms with Crippen molar-refractivity contribution in [2.24, 2.45) is 0 Å². The van der Waals surface area contributed by atoms with E-state index in [1.165, 1.54) is 0 Å². The van der Waals surface area contributed by atoms with Gasteiger partial charge in [0.15, 0.2) is 0 Å². The molecule has 2 rings (SSSR count). The molecule has 5 heteroatoms. The van der Waals surface area contributed by atoms with Gasteiger partial charge in [-0.15, -0.1) is 0 Å². The minimum absolute atomic E-state index is 0.188. The molecule has 2 aromatic rings. The maximum atomic E-state index is 8.47. The summed E-state index contributed by atoms with van der Waals surface area (Å²) >= 11 is 0. The van der Waals surface area contributed by atoms with Crippen LogP contribution < -0.4 is 10.1 Å². The molecule has 1 heterocycles. The van der Waals surface area contributed by atoms with Gasteiger partial charge in [-0.2, -0.15) is 5.26 Å². The number of nitriles is 1. The number of hydrogen-bond donors (Lipinski definition) is 1. The standard InChI is InChI=1S/C14H14N4O/c1-10-3-4-13(19-2)12(7-10)11-8-17-14(18-9-11)16-6-5-15/h3-4,7-9H,6H2,1-2H3,(H,16,17,18). The molecule has 1 aromatic carbocycles. The van der Waals surface area contributed by atoms with Crippen molar-refractivity contribution in [2.45, 2.75) is 6.92 Å². The number of aryl methyl sites for hydroxylation is 1. The fourth-order valence-electron chi connectivity index (χ4n) is 1.72. The molecule has 0 aliphatic rings. The molecule has 1 aromatic heterocycles. The zero-order valence-electron chi connectivity index (χ0n) is 10.8. The smallest absolute Gasteiger partial charge is 0.223 e. The monoisotopic (exact) mass is 254 g/mol. The second kappa shape index (κ2) is 5.83. The molecule has 96 valence electrons. The Morgan fingerprint density at radius 2 is 2.05 bits per heavy atom. The van der Waals surface area contributed by atoms with E-state index >= 15 is 0 Å². The lowest BCUT2D eigenvalue weighted by molar-refractivity contribution is 0.416. The van der Waals surface area contributed by atoms with Gasteiger partial charge >= 0.3 is 0 Å². The number of rotatable bonds is 4. The molecule has 0 radical (unpaired) electrons. The van der Waals surface area contributed by atoms with Crippen molar-refractivity contribution in [1.29, 1.82) is 5.26 Å². The Kier molecular flexibility index (Phi) is 3.94. The van der Waals surface area contributed by atoms with Gasteiger partial charge in [0.05, 0.1) is 13.2 Å². The van der Waals surface area contributed by atoms with Crippen LogP contribution >= 0.6 is 0 Å². The number of methoxy groups -OCH3 is 1. The van der Waals surface area contributed by atoms with Crippen molar-refractivity contribution in [1.82, 2.24) is 9.97 Å². The summed E-state index contributed by atoms with van der Waals surface area (Å²) in [6.45, 7) is 2.21. The Labute approximate surface area is 111 Å². The van der Waals surface area contributed by atoms with Crippen LogP contribution in [0.5, 0.6) is 5.75 Å². The van der Waals surface area contributed by atoms with Gasteiger partial charge in [-0.05, 0) is 19.1 Å². The first-order valence-corrected chi connectivity index (χ1v) is 5.82. The van der Waals surface area contributed by atoms with Crippen LogP contribution in [-0.2, 0) is 0 Å². The normalized spacial score (nSPS) is 9.74. The van der Waals surface area contributed by atoms with Gasteiger partial charge in [0.2, 0.25) is 5.95 Å². The average molecular weight is 254 g/mol. The van der Waals surface area contributed by atoms with E-state index in [-0.39, 0.29) is 6.54 Å². The summed E-state index contributed by atoms with van der Waals surface area (Å²) < 4.78 is 5.34. The molecule has 0 saturated heterocycles. The van der Waals surface area contributed by atoms with Gasteiger partial charge in [0.1, 0.15) is 12.3 Å². The van der Waals surface area contributed by atoms with Crippen LogP contribution in [0.4, 0.5) is 5.95 Å². The van der Waals surface area contributed by atoms with E-state index in [1.807, 2.05) is 31.2 Å². The average Bonchev–Trinajstić information content (AvgIpc) is 2.45. The highest BCUT2D eigenvalue weighted by Crippen LogP contribution is 2.30. The van der Waals surface area contributed by atoms with Gasteiger partial charge in [-0.1, -0.05) is 11.6 Å². The van der Waals surface area contributed by atoms with Gasteiger partial charge in [0.25, 0.3) is 0 Å². The molecule has 5 nitrogen and oxygen atoms in total. The molecule has 1 N–H and O–H groups in total.